The second-order valence-electron chi connectivity index (χ2n) is 1.80. The second-order valence-corrected chi connectivity index (χ2v) is 1.80. The Bertz CT molecular complexity index is 190. The monoisotopic (exact) mass is 139 g/mol. The Balaban J connectivity index is 3.65. The average Bonchev–Trinajstić information content (AvgIpc) is 1.99. The number of carbonyl (C=O) groups is 1. The maximum absolute atomic E-state index is 10.5. The molecule has 0 bridgehead atoms. The number of nitrogens with one attached hydrogen (secondary N) is 1. The third-order valence-corrected chi connectivity index (χ3v) is 0.887. The highest BCUT2D eigenvalue weighted by molar-refractivity contribution is 5.87. The highest BCUT2D eigenvalue weighted by Crippen LogP contribution is 1.79. The van der Waals surface area contributed by atoms with E-state index in [0.29, 0.717) is 5.57 Å². The van der Waals surface area contributed by atoms with Crippen LogP contribution in [0.25, 0.3) is 0 Å². The first-order valence-corrected chi connectivity index (χ1v) is 2.81. The van der Waals surface area contributed by atoms with Gasteiger partial charge in [0.2, 0.25) is 5.91 Å². The molecule has 0 aromatic heterocycles. The molecule has 0 aliphatic heterocycles. The van der Waals surface area contributed by atoms with Crippen molar-refractivity contribution in [3.63, 3.8) is 0 Å². The molecular weight excluding hydrogens is 130 g/mol. The van der Waals surface area contributed by atoms with Crippen LogP contribution in [0.5, 0.6) is 0 Å². The molecule has 0 aliphatic rings. The standard InChI is InChI=1S/C7H9NO2/c1-3-7(10)8-4-6(2)5-9/h3H,1,4H2,2H3,(H,8,10). The van der Waals surface area contributed by atoms with Crippen molar-refractivity contribution in [1.82, 2.24) is 5.32 Å². The zero-order chi connectivity index (χ0) is 7.98. The Labute approximate surface area is 59.4 Å². The maximum atomic E-state index is 10.5. The van der Waals surface area contributed by atoms with E-state index in [-0.39, 0.29) is 12.5 Å². The molecule has 3 nitrogen and oxygen atoms in total. The van der Waals surface area contributed by atoms with E-state index < -0.39 is 0 Å². The Morgan fingerprint density at radius 2 is 2.40 bits per heavy atom. The fourth-order valence-electron chi connectivity index (χ4n) is 0.328. The van der Waals surface area contributed by atoms with Gasteiger partial charge in [-0.25, -0.2) is 4.79 Å². The first-order chi connectivity index (χ1) is 4.70. The summed E-state index contributed by atoms with van der Waals surface area (Å²) in [5, 5.41) is 2.43. The van der Waals surface area contributed by atoms with Crippen LogP contribution in [0.2, 0.25) is 0 Å². The van der Waals surface area contributed by atoms with Gasteiger partial charge in [-0.05, 0) is 13.0 Å². The normalized spacial score (nSPS) is 7.70. The summed E-state index contributed by atoms with van der Waals surface area (Å²) in [5.41, 5.74) is 0.468. The molecule has 1 N–H and O–H groups in total. The van der Waals surface area contributed by atoms with Crippen molar-refractivity contribution in [3.05, 3.63) is 18.2 Å². The third-order valence-electron chi connectivity index (χ3n) is 0.887. The Morgan fingerprint density at radius 3 is 2.80 bits per heavy atom. The van der Waals surface area contributed by atoms with Crippen LogP contribution in [0, 0.1) is 0 Å². The van der Waals surface area contributed by atoms with Gasteiger partial charge in [-0.15, -0.1) is 0 Å². The van der Waals surface area contributed by atoms with Crippen molar-refractivity contribution >= 4 is 11.8 Å². The van der Waals surface area contributed by atoms with Gasteiger partial charge in [-0.3, -0.25) is 4.79 Å². The van der Waals surface area contributed by atoms with Crippen molar-refractivity contribution in [1.29, 1.82) is 0 Å². The summed E-state index contributed by atoms with van der Waals surface area (Å²) in [6, 6.07) is 0. The lowest BCUT2D eigenvalue weighted by Gasteiger charge is -1.96. The predicted molar refractivity (Wildman–Crippen MR) is 38.1 cm³/mol. The minimum absolute atomic E-state index is 0.244. The Kier molecular flexibility index (Phi) is 3.92. The molecule has 54 valence electrons. The molecule has 0 heterocycles. The summed E-state index contributed by atoms with van der Waals surface area (Å²) >= 11 is 0. The van der Waals surface area contributed by atoms with Crippen LogP contribution in [-0.4, -0.2) is 18.4 Å². The van der Waals surface area contributed by atoms with E-state index in [4.69, 9.17) is 0 Å². The van der Waals surface area contributed by atoms with E-state index >= 15 is 0 Å². The minimum Gasteiger partial charge on any atom is -0.348 e. The molecule has 0 unspecified atom stereocenters. The van der Waals surface area contributed by atoms with E-state index in [2.05, 4.69) is 11.9 Å². The van der Waals surface area contributed by atoms with Crippen LogP contribution in [-0.2, 0) is 9.59 Å². The van der Waals surface area contributed by atoms with Gasteiger partial charge in [0.25, 0.3) is 0 Å². The predicted octanol–water partition coefficient (Wildman–Crippen LogP) is 0.0665. The van der Waals surface area contributed by atoms with Crippen molar-refractivity contribution in [2.24, 2.45) is 0 Å². The van der Waals surface area contributed by atoms with Gasteiger partial charge in [0.05, 0.1) is 0 Å². The molecule has 0 radical (unpaired) electrons. The number of amides is 1. The van der Waals surface area contributed by atoms with Crippen LogP contribution in [0.4, 0.5) is 0 Å². The van der Waals surface area contributed by atoms with Gasteiger partial charge in [0.15, 0.2) is 0 Å². The average molecular weight is 139 g/mol. The lowest BCUT2D eigenvalue weighted by molar-refractivity contribution is -0.116. The summed E-state index contributed by atoms with van der Waals surface area (Å²) in [6.07, 6.45) is 1.15. The van der Waals surface area contributed by atoms with Crippen molar-refractivity contribution in [2.45, 2.75) is 6.92 Å². The molecule has 3 heteroatoms. The second kappa shape index (κ2) is 4.53. The first kappa shape index (κ1) is 8.66. The van der Waals surface area contributed by atoms with E-state index in [1.54, 1.807) is 12.9 Å². The zero-order valence-electron chi connectivity index (χ0n) is 5.81. The van der Waals surface area contributed by atoms with Crippen LogP contribution in [0.3, 0.4) is 0 Å². The number of hydrogen-bond acceptors (Lipinski definition) is 2. The molecule has 0 rings (SSSR count). The minimum atomic E-state index is -0.283. The molecule has 0 aliphatic carbocycles. The smallest absolute Gasteiger partial charge is 0.243 e. The van der Waals surface area contributed by atoms with E-state index in [1.807, 2.05) is 0 Å². The summed E-state index contributed by atoms with van der Waals surface area (Å²) < 4.78 is 0. The molecule has 0 fully saturated rings. The molecule has 0 atom stereocenters. The van der Waals surface area contributed by atoms with Gasteiger partial charge < -0.3 is 5.32 Å². The molecule has 0 saturated heterocycles. The lowest BCUT2D eigenvalue weighted by atomic mass is 10.3. The zero-order valence-corrected chi connectivity index (χ0v) is 5.81. The first-order valence-electron chi connectivity index (χ1n) is 2.81. The van der Waals surface area contributed by atoms with Crippen LogP contribution < -0.4 is 5.32 Å². The summed E-state index contributed by atoms with van der Waals surface area (Å²) in [5.74, 6) is 1.38. The van der Waals surface area contributed by atoms with E-state index in [0.717, 1.165) is 6.08 Å². The molecule has 0 saturated carbocycles. The molecule has 1 amide bonds. The van der Waals surface area contributed by atoms with Crippen LogP contribution in [0.1, 0.15) is 6.92 Å². The van der Waals surface area contributed by atoms with Crippen LogP contribution >= 0.6 is 0 Å². The lowest BCUT2D eigenvalue weighted by Crippen LogP contribution is -2.22. The van der Waals surface area contributed by atoms with Crippen molar-refractivity contribution in [2.75, 3.05) is 6.54 Å². The topological polar surface area (TPSA) is 46.2 Å². The van der Waals surface area contributed by atoms with Gasteiger partial charge in [0.1, 0.15) is 5.94 Å². The summed E-state index contributed by atoms with van der Waals surface area (Å²) in [6.45, 7) is 5.08. The largest absolute Gasteiger partial charge is 0.348 e. The fraction of sp³-hybridized carbons (Fsp3) is 0.286. The number of rotatable bonds is 3. The molecule has 0 aromatic rings. The van der Waals surface area contributed by atoms with Crippen molar-refractivity contribution in [3.8, 4) is 0 Å². The SMILES string of the molecule is C=CC(=O)NCC(C)=C=O. The Hall–Kier alpha value is -1.34. The van der Waals surface area contributed by atoms with Gasteiger partial charge >= 0.3 is 0 Å². The van der Waals surface area contributed by atoms with Gasteiger partial charge in [-0.2, -0.15) is 0 Å². The summed E-state index contributed by atoms with van der Waals surface area (Å²) in [7, 11) is 0. The van der Waals surface area contributed by atoms with Crippen molar-refractivity contribution < 1.29 is 9.59 Å². The fourth-order valence-corrected chi connectivity index (χ4v) is 0.328. The van der Waals surface area contributed by atoms with Gasteiger partial charge in [0, 0.05) is 12.1 Å². The molecule has 10 heavy (non-hydrogen) atoms. The molecular formula is C7H9NO2. The Morgan fingerprint density at radius 1 is 1.80 bits per heavy atom. The molecule has 0 spiro atoms. The van der Waals surface area contributed by atoms with E-state index in [9.17, 15) is 9.59 Å². The summed E-state index contributed by atoms with van der Waals surface area (Å²) in [4.78, 5) is 20.3. The van der Waals surface area contributed by atoms with Crippen LogP contribution in [0.15, 0.2) is 18.2 Å². The number of carbonyl (C=O) groups excluding carboxylic acids is 2. The number of hydrogen-bond donors (Lipinski definition) is 1. The highest BCUT2D eigenvalue weighted by Gasteiger charge is 1.92. The van der Waals surface area contributed by atoms with E-state index in [1.165, 1.54) is 0 Å². The highest BCUT2D eigenvalue weighted by atomic mass is 16.1. The third kappa shape index (κ3) is 3.64. The maximum Gasteiger partial charge on any atom is 0.243 e. The molecule has 0 aromatic carbocycles. The quantitative estimate of drug-likeness (QED) is 0.444. The van der Waals surface area contributed by atoms with Gasteiger partial charge in [-0.1, -0.05) is 6.58 Å².